The molecule has 0 heterocycles. The highest BCUT2D eigenvalue weighted by Crippen LogP contribution is 2.43. The van der Waals surface area contributed by atoms with Gasteiger partial charge >= 0.3 is 7.75 Å². The normalized spacial score (nSPS) is 14.4. The predicted octanol–water partition coefficient (Wildman–Crippen LogP) is 3.34. The smallest absolute Gasteiger partial charge is 0.300 e. The summed E-state index contributed by atoms with van der Waals surface area (Å²) in [6.07, 6.45) is 0. The van der Waals surface area contributed by atoms with E-state index >= 15 is 0 Å². The van der Waals surface area contributed by atoms with Crippen molar-refractivity contribution in [3.8, 4) is 6.07 Å². The van der Waals surface area contributed by atoms with E-state index in [9.17, 15) is 4.57 Å². The SMILES string of the molecule is CCNP(=O)(OCC)O/N=C(/C#N)c1ccc(Cl)cc1. The van der Waals surface area contributed by atoms with Gasteiger partial charge in [-0.15, -0.1) is 0 Å². The molecule has 0 aliphatic rings. The summed E-state index contributed by atoms with van der Waals surface area (Å²) in [5, 5.41) is 15.8. The van der Waals surface area contributed by atoms with Crippen molar-refractivity contribution in [1.82, 2.24) is 5.09 Å². The Morgan fingerprint density at radius 1 is 1.45 bits per heavy atom. The standard InChI is InChI=1S/C12H15ClN3O3P/c1-3-15-20(17,18-4-2)19-16-12(9-14)10-5-7-11(13)8-6-10/h5-8H,3-4H2,1-2H3,(H,15,17)/b16-12-. The fourth-order valence-corrected chi connectivity index (χ4v) is 2.54. The van der Waals surface area contributed by atoms with Gasteiger partial charge in [0.15, 0.2) is 5.71 Å². The molecule has 8 heteroatoms. The lowest BCUT2D eigenvalue weighted by Gasteiger charge is -2.14. The van der Waals surface area contributed by atoms with Gasteiger partial charge in [0.1, 0.15) is 6.07 Å². The summed E-state index contributed by atoms with van der Waals surface area (Å²) in [4.78, 5) is 0. The second-order valence-electron chi connectivity index (χ2n) is 3.57. The topological polar surface area (TPSA) is 83.7 Å². The number of hydrogen-bond donors (Lipinski definition) is 1. The molecule has 1 aromatic rings. The van der Waals surface area contributed by atoms with Gasteiger partial charge in [-0.2, -0.15) is 5.26 Å². The van der Waals surface area contributed by atoms with Crippen molar-refractivity contribution in [2.75, 3.05) is 13.2 Å². The van der Waals surface area contributed by atoms with Crippen LogP contribution >= 0.6 is 19.3 Å². The van der Waals surface area contributed by atoms with Crippen LogP contribution in [0.5, 0.6) is 0 Å². The van der Waals surface area contributed by atoms with Gasteiger partial charge in [0.25, 0.3) is 0 Å². The Balaban J connectivity index is 2.92. The maximum absolute atomic E-state index is 12.1. The predicted molar refractivity (Wildman–Crippen MR) is 77.6 cm³/mol. The lowest BCUT2D eigenvalue weighted by atomic mass is 10.1. The Morgan fingerprint density at radius 2 is 2.10 bits per heavy atom. The van der Waals surface area contributed by atoms with Gasteiger partial charge in [-0.05, 0) is 19.1 Å². The number of nitrogens with zero attached hydrogens (tertiary/aromatic N) is 2. The minimum absolute atomic E-state index is 0.0144. The van der Waals surface area contributed by atoms with E-state index in [4.69, 9.17) is 26.0 Å². The Morgan fingerprint density at radius 3 is 2.60 bits per heavy atom. The summed E-state index contributed by atoms with van der Waals surface area (Å²) < 4.78 is 22.0. The van der Waals surface area contributed by atoms with Crippen LogP contribution in [-0.2, 0) is 13.7 Å². The first-order chi connectivity index (χ1) is 9.54. The maximum Gasteiger partial charge on any atom is 0.478 e. The zero-order valence-electron chi connectivity index (χ0n) is 11.2. The number of benzene rings is 1. The molecule has 1 rings (SSSR count). The van der Waals surface area contributed by atoms with E-state index < -0.39 is 7.75 Å². The number of halogens is 1. The molecule has 0 amide bonds. The van der Waals surface area contributed by atoms with Crippen molar-refractivity contribution in [2.45, 2.75) is 13.8 Å². The summed E-state index contributed by atoms with van der Waals surface area (Å²) in [6.45, 7) is 4.02. The molecule has 0 bridgehead atoms. The Bertz CT molecular complexity index is 544. The molecule has 108 valence electrons. The summed E-state index contributed by atoms with van der Waals surface area (Å²) in [7, 11) is -3.53. The molecule has 1 unspecified atom stereocenters. The zero-order chi connectivity index (χ0) is 15.0. The second-order valence-corrected chi connectivity index (χ2v) is 5.74. The lowest BCUT2D eigenvalue weighted by molar-refractivity contribution is 0.210. The Labute approximate surface area is 122 Å². The highest BCUT2D eigenvalue weighted by atomic mass is 35.5. The lowest BCUT2D eigenvalue weighted by Crippen LogP contribution is -2.13. The molecule has 20 heavy (non-hydrogen) atoms. The van der Waals surface area contributed by atoms with Crippen LogP contribution in [-0.4, -0.2) is 18.9 Å². The molecular formula is C12H15ClN3O3P. The van der Waals surface area contributed by atoms with Crippen molar-refractivity contribution in [3.63, 3.8) is 0 Å². The van der Waals surface area contributed by atoms with E-state index in [2.05, 4.69) is 10.2 Å². The molecule has 1 N–H and O–H groups in total. The highest BCUT2D eigenvalue weighted by Gasteiger charge is 2.24. The van der Waals surface area contributed by atoms with Gasteiger partial charge in [-0.3, -0.25) is 4.52 Å². The van der Waals surface area contributed by atoms with E-state index in [1.54, 1.807) is 38.1 Å². The van der Waals surface area contributed by atoms with Crippen LogP contribution in [0, 0.1) is 11.3 Å². The van der Waals surface area contributed by atoms with Gasteiger partial charge < -0.3 is 4.62 Å². The average molecular weight is 316 g/mol. The number of nitriles is 1. The molecule has 0 aliphatic carbocycles. The third-order valence-corrected chi connectivity index (χ3v) is 3.96. The minimum atomic E-state index is -3.53. The summed E-state index contributed by atoms with van der Waals surface area (Å²) >= 11 is 5.76. The first-order valence-corrected chi connectivity index (χ1v) is 7.89. The van der Waals surface area contributed by atoms with Crippen molar-refractivity contribution in [2.24, 2.45) is 5.16 Å². The van der Waals surface area contributed by atoms with E-state index in [0.717, 1.165) is 0 Å². The molecule has 0 fully saturated rings. The first-order valence-electron chi connectivity index (χ1n) is 5.97. The van der Waals surface area contributed by atoms with Gasteiger partial charge in [0, 0.05) is 17.1 Å². The van der Waals surface area contributed by atoms with Crippen LogP contribution in [0.25, 0.3) is 0 Å². The number of hydrogen-bond acceptors (Lipinski definition) is 5. The van der Waals surface area contributed by atoms with Gasteiger partial charge in [-0.25, -0.2) is 9.65 Å². The molecular weight excluding hydrogens is 301 g/mol. The number of oxime groups is 1. The molecule has 1 atom stereocenters. The van der Waals surface area contributed by atoms with E-state index in [0.29, 0.717) is 17.1 Å². The van der Waals surface area contributed by atoms with Crippen LogP contribution in [0.2, 0.25) is 5.02 Å². The third-order valence-electron chi connectivity index (χ3n) is 2.11. The van der Waals surface area contributed by atoms with Gasteiger partial charge in [0.05, 0.1) is 6.61 Å². The average Bonchev–Trinajstić information content (AvgIpc) is 2.42. The van der Waals surface area contributed by atoms with Crippen LogP contribution in [0.1, 0.15) is 19.4 Å². The molecule has 0 aromatic heterocycles. The summed E-state index contributed by atoms with van der Waals surface area (Å²) in [5.41, 5.74) is 0.496. The monoisotopic (exact) mass is 315 g/mol. The quantitative estimate of drug-likeness (QED) is 0.474. The largest absolute Gasteiger partial charge is 0.478 e. The second kappa shape index (κ2) is 8.03. The van der Waals surface area contributed by atoms with Crippen molar-refractivity contribution >= 4 is 25.1 Å². The van der Waals surface area contributed by atoms with Crippen LogP contribution in [0.15, 0.2) is 29.4 Å². The molecule has 0 spiro atoms. The number of rotatable bonds is 7. The molecule has 0 saturated carbocycles. The third kappa shape index (κ3) is 4.95. The molecule has 1 aromatic carbocycles. The fraction of sp³-hybridized carbons (Fsp3) is 0.333. The fourth-order valence-electron chi connectivity index (χ4n) is 1.30. The molecule has 0 saturated heterocycles. The summed E-state index contributed by atoms with van der Waals surface area (Å²) in [6, 6.07) is 8.35. The molecule has 0 aliphatic heterocycles. The van der Waals surface area contributed by atoms with E-state index in [1.807, 2.05) is 6.07 Å². The van der Waals surface area contributed by atoms with Crippen molar-refractivity contribution in [3.05, 3.63) is 34.9 Å². The van der Waals surface area contributed by atoms with Gasteiger partial charge in [0.2, 0.25) is 0 Å². The maximum atomic E-state index is 12.1. The van der Waals surface area contributed by atoms with Crippen LogP contribution in [0.4, 0.5) is 0 Å². The van der Waals surface area contributed by atoms with Crippen LogP contribution in [0.3, 0.4) is 0 Å². The van der Waals surface area contributed by atoms with Crippen LogP contribution < -0.4 is 5.09 Å². The van der Waals surface area contributed by atoms with E-state index in [-0.39, 0.29) is 12.3 Å². The first kappa shape index (κ1) is 16.7. The Hall–Kier alpha value is -1.38. The van der Waals surface area contributed by atoms with Gasteiger partial charge in [-0.1, -0.05) is 35.8 Å². The van der Waals surface area contributed by atoms with Crippen molar-refractivity contribution < 1.29 is 13.7 Å². The highest BCUT2D eigenvalue weighted by molar-refractivity contribution is 7.51. The number of nitrogens with one attached hydrogen (secondary N) is 1. The van der Waals surface area contributed by atoms with E-state index in [1.165, 1.54) is 0 Å². The zero-order valence-corrected chi connectivity index (χ0v) is 12.8. The Kier molecular flexibility index (Phi) is 6.69. The summed E-state index contributed by atoms with van der Waals surface area (Å²) in [5.74, 6) is 0. The van der Waals surface area contributed by atoms with Crippen molar-refractivity contribution in [1.29, 1.82) is 5.26 Å². The molecule has 6 nitrogen and oxygen atoms in total. The molecule has 0 radical (unpaired) electrons. The minimum Gasteiger partial charge on any atom is -0.300 e.